The average molecular weight is 282 g/mol. The van der Waals surface area contributed by atoms with Gasteiger partial charge in [-0.15, -0.1) is 0 Å². The maximum absolute atomic E-state index is 12.0. The lowest BCUT2D eigenvalue weighted by Crippen LogP contribution is -2.40. The molecule has 7 heteroatoms. The largest absolute Gasteiger partial charge is 0.480 e. The Morgan fingerprint density at radius 1 is 1.42 bits per heavy atom. The van der Waals surface area contributed by atoms with Crippen LogP contribution in [0.4, 0.5) is 0 Å². The molecular formula is C12H14N2O4S. The number of rotatable bonds is 6. The van der Waals surface area contributed by atoms with Crippen LogP contribution in [0.15, 0.2) is 29.2 Å². The first-order valence-electron chi connectivity index (χ1n) is 5.55. The zero-order chi connectivity index (χ0) is 14.5. The molecule has 0 radical (unpaired) electrons. The van der Waals surface area contributed by atoms with E-state index in [0.29, 0.717) is 0 Å². The molecule has 102 valence electrons. The summed E-state index contributed by atoms with van der Waals surface area (Å²) in [7, 11) is -3.89. The Labute approximate surface area is 111 Å². The van der Waals surface area contributed by atoms with Crippen molar-refractivity contribution in [1.82, 2.24) is 4.72 Å². The third-order valence-electron chi connectivity index (χ3n) is 2.47. The standard InChI is InChI=1S/C12H14N2O4S/c1-9-4-6-10(7-5-9)19(17,18)14-11(12(15)16)3-2-8-13/h4-7,11,14H,2-3H2,1H3,(H,15,16). The zero-order valence-corrected chi connectivity index (χ0v) is 11.1. The van der Waals surface area contributed by atoms with E-state index in [0.717, 1.165) is 5.56 Å². The van der Waals surface area contributed by atoms with Crippen molar-refractivity contribution in [2.75, 3.05) is 0 Å². The lowest BCUT2D eigenvalue weighted by Gasteiger charge is -2.13. The Bertz CT molecular complexity index is 587. The minimum absolute atomic E-state index is 0.00121. The maximum Gasteiger partial charge on any atom is 0.321 e. The van der Waals surface area contributed by atoms with Gasteiger partial charge < -0.3 is 5.11 Å². The van der Waals surface area contributed by atoms with Crippen molar-refractivity contribution < 1.29 is 18.3 Å². The molecule has 19 heavy (non-hydrogen) atoms. The first-order valence-corrected chi connectivity index (χ1v) is 7.04. The Hall–Kier alpha value is -1.91. The van der Waals surface area contributed by atoms with Crippen LogP contribution < -0.4 is 4.72 Å². The van der Waals surface area contributed by atoms with Gasteiger partial charge in [0.15, 0.2) is 0 Å². The summed E-state index contributed by atoms with van der Waals surface area (Å²) in [5, 5.41) is 17.3. The average Bonchev–Trinajstić information content (AvgIpc) is 2.34. The smallest absolute Gasteiger partial charge is 0.321 e. The fourth-order valence-electron chi connectivity index (χ4n) is 1.41. The number of nitrogens with one attached hydrogen (secondary N) is 1. The van der Waals surface area contributed by atoms with Crippen molar-refractivity contribution in [3.8, 4) is 6.07 Å². The molecule has 0 saturated carbocycles. The van der Waals surface area contributed by atoms with E-state index in [1.54, 1.807) is 18.2 Å². The van der Waals surface area contributed by atoms with E-state index >= 15 is 0 Å². The van der Waals surface area contributed by atoms with Gasteiger partial charge in [-0.3, -0.25) is 4.79 Å². The van der Waals surface area contributed by atoms with Crippen LogP contribution in [-0.2, 0) is 14.8 Å². The Balaban J connectivity index is 2.91. The quantitative estimate of drug-likeness (QED) is 0.810. The van der Waals surface area contributed by atoms with E-state index in [1.807, 2.05) is 6.92 Å². The highest BCUT2D eigenvalue weighted by Crippen LogP contribution is 2.11. The Morgan fingerprint density at radius 3 is 2.47 bits per heavy atom. The first-order chi connectivity index (χ1) is 8.86. The van der Waals surface area contributed by atoms with Gasteiger partial charge in [0.25, 0.3) is 0 Å². The number of carbonyl (C=O) groups is 1. The van der Waals surface area contributed by atoms with Crippen LogP contribution in [-0.4, -0.2) is 25.5 Å². The minimum atomic E-state index is -3.89. The molecule has 0 bridgehead atoms. The van der Waals surface area contributed by atoms with E-state index in [9.17, 15) is 13.2 Å². The third-order valence-corrected chi connectivity index (χ3v) is 3.96. The molecule has 0 aromatic heterocycles. The molecule has 1 unspecified atom stereocenters. The van der Waals surface area contributed by atoms with Crippen molar-refractivity contribution in [3.63, 3.8) is 0 Å². The van der Waals surface area contributed by atoms with Crippen LogP contribution in [0.25, 0.3) is 0 Å². The van der Waals surface area contributed by atoms with Gasteiger partial charge >= 0.3 is 5.97 Å². The molecule has 0 aliphatic heterocycles. The van der Waals surface area contributed by atoms with E-state index in [2.05, 4.69) is 4.72 Å². The van der Waals surface area contributed by atoms with Crippen molar-refractivity contribution >= 4 is 16.0 Å². The van der Waals surface area contributed by atoms with E-state index in [4.69, 9.17) is 10.4 Å². The summed E-state index contributed by atoms with van der Waals surface area (Å²) in [4.78, 5) is 10.9. The van der Waals surface area contributed by atoms with Gasteiger partial charge in [-0.2, -0.15) is 9.98 Å². The predicted octanol–water partition coefficient (Wildman–Crippen LogP) is 1.03. The van der Waals surface area contributed by atoms with Crippen LogP contribution >= 0.6 is 0 Å². The fraction of sp³-hybridized carbons (Fsp3) is 0.333. The van der Waals surface area contributed by atoms with E-state index < -0.39 is 22.0 Å². The summed E-state index contributed by atoms with van der Waals surface area (Å²) < 4.78 is 26.0. The zero-order valence-electron chi connectivity index (χ0n) is 10.3. The molecule has 2 N–H and O–H groups in total. The van der Waals surface area contributed by atoms with Crippen molar-refractivity contribution in [3.05, 3.63) is 29.8 Å². The summed E-state index contributed by atoms with van der Waals surface area (Å²) in [5.41, 5.74) is 0.901. The second-order valence-corrected chi connectivity index (χ2v) is 5.74. The molecule has 0 spiro atoms. The monoisotopic (exact) mass is 282 g/mol. The number of nitriles is 1. The van der Waals surface area contributed by atoms with Gasteiger partial charge in [0.1, 0.15) is 6.04 Å². The number of carboxylic acids is 1. The third kappa shape index (κ3) is 4.35. The number of aryl methyl sites for hydroxylation is 1. The van der Waals surface area contributed by atoms with Crippen molar-refractivity contribution in [2.45, 2.75) is 30.7 Å². The van der Waals surface area contributed by atoms with Gasteiger partial charge in [0.2, 0.25) is 10.0 Å². The fourth-order valence-corrected chi connectivity index (χ4v) is 2.64. The number of nitrogens with zero attached hydrogens (tertiary/aromatic N) is 1. The van der Waals surface area contributed by atoms with Crippen molar-refractivity contribution in [2.24, 2.45) is 0 Å². The van der Waals surface area contributed by atoms with Gasteiger partial charge in [-0.05, 0) is 25.5 Å². The van der Waals surface area contributed by atoms with Crippen molar-refractivity contribution in [1.29, 1.82) is 5.26 Å². The SMILES string of the molecule is Cc1ccc(S(=O)(=O)NC(CCC#N)C(=O)O)cc1. The van der Waals surface area contributed by atoms with Crippen LogP contribution in [0.2, 0.25) is 0 Å². The molecule has 1 aromatic rings. The Morgan fingerprint density at radius 2 is 2.00 bits per heavy atom. The molecule has 0 aliphatic rings. The molecular weight excluding hydrogens is 268 g/mol. The van der Waals surface area contributed by atoms with Crippen LogP contribution in [0.1, 0.15) is 18.4 Å². The lowest BCUT2D eigenvalue weighted by atomic mass is 10.2. The van der Waals surface area contributed by atoms with Gasteiger partial charge in [0, 0.05) is 6.42 Å². The maximum atomic E-state index is 12.0. The Kier molecular flexibility index (Phi) is 5.03. The number of carboxylic acid groups (broad SMARTS) is 1. The molecule has 0 saturated heterocycles. The molecule has 1 atom stereocenters. The van der Waals surface area contributed by atoms with Crippen LogP contribution in [0.3, 0.4) is 0 Å². The highest BCUT2D eigenvalue weighted by Gasteiger charge is 2.24. The number of sulfonamides is 1. The second-order valence-electron chi connectivity index (χ2n) is 4.02. The highest BCUT2D eigenvalue weighted by atomic mass is 32.2. The number of hydrogen-bond acceptors (Lipinski definition) is 4. The molecule has 0 amide bonds. The summed E-state index contributed by atoms with van der Waals surface area (Å²) in [5.74, 6) is -1.30. The van der Waals surface area contributed by atoms with Crippen LogP contribution in [0, 0.1) is 18.3 Å². The molecule has 0 aliphatic carbocycles. The van der Waals surface area contributed by atoms with Crippen LogP contribution in [0.5, 0.6) is 0 Å². The number of benzene rings is 1. The summed E-state index contributed by atoms with van der Waals surface area (Å²) in [6.07, 6.45) is -0.107. The lowest BCUT2D eigenvalue weighted by molar-refractivity contribution is -0.139. The summed E-state index contributed by atoms with van der Waals surface area (Å²) >= 11 is 0. The second kappa shape index (κ2) is 6.31. The molecule has 1 rings (SSSR count). The number of aliphatic carboxylic acids is 1. The summed E-state index contributed by atoms with van der Waals surface area (Å²) in [6.45, 7) is 1.82. The summed E-state index contributed by atoms with van der Waals surface area (Å²) in [6, 6.07) is 6.54. The van der Waals surface area contributed by atoms with E-state index in [-0.39, 0.29) is 17.7 Å². The normalized spacial score (nSPS) is 12.6. The molecule has 6 nitrogen and oxygen atoms in total. The highest BCUT2D eigenvalue weighted by molar-refractivity contribution is 7.89. The van der Waals surface area contributed by atoms with Gasteiger partial charge in [0.05, 0.1) is 11.0 Å². The predicted molar refractivity (Wildman–Crippen MR) is 67.8 cm³/mol. The first kappa shape index (κ1) is 15.1. The minimum Gasteiger partial charge on any atom is -0.480 e. The molecule has 0 fully saturated rings. The van der Waals surface area contributed by atoms with Gasteiger partial charge in [-0.25, -0.2) is 8.42 Å². The van der Waals surface area contributed by atoms with E-state index in [1.165, 1.54) is 12.1 Å². The van der Waals surface area contributed by atoms with Gasteiger partial charge in [-0.1, -0.05) is 17.7 Å². The molecule has 1 aromatic carbocycles. The topological polar surface area (TPSA) is 107 Å². The molecule has 0 heterocycles. The number of hydrogen-bond donors (Lipinski definition) is 2.